The van der Waals surface area contributed by atoms with Crippen LogP contribution in [-0.4, -0.2) is 18.7 Å². The lowest BCUT2D eigenvalue weighted by Gasteiger charge is -2.02. The first-order valence-electron chi connectivity index (χ1n) is 3.12. The van der Waals surface area contributed by atoms with Gasteiger partial charge in [0.2, 0.25) is 0 Å². The number of ether oxygens (including phenoxy) is 2. The minimum absolute atomic E-state index is 0.150. The van der Waals surface area contributed by atoms with Crippen molar-refractivity contribution < 1.29 is 14.3 Å². The van der Waals surface area contributed by atoms with Gasteiger partial charge in [0.15, 0.2) is 0 Å². The van der Waals surface area contributed by atoms with Crippen LogP contribution in [0.3, 0.4) is 0 Å². The van der Waals surface area contributed by atoms with Crippen molar-refractivity contribution in [2.75, 3.05) is 6.54 Å². The van der Waals surface area contributed by atoms with E-state index in [1.54, 1.807) is 6.92 Å². The highest BCUT2D eigenvalue weighted by molar-refractivity contribution is 5.71. The molecule has 1 atom stereocenters. The van der Waals surface area contributed by atoms with Gasteiger partial charge in [-0.3, -0.25) is 10.5 Å². The Balaban J connectivity index is 3.37. The summed E-state index contributed by atoms with van der Waals surface area (Å²) in [5, 5.41) is 0. The summed E-state index contributed by atoms with van der Waals surface area (Å²) in [7, 11) is 0. The third kappa shape index (κ3) is 6.82. The van der Waals surface area contributed by atoms with Crippen LogP contribution in [0.2, 0.25) is 0 Å². The van der Waals surface area contributed by atoms with Gasteiger partial charge in [-0.2, -0.15) is 0 Å². The molecule has 0 aromatic rings. The summed E-state index contributed by atoms with van der Waals surface area (Å²) in [6.07, 6.45) is 1.87. The third-order valence-electron chi connectivity index (χ3n) is 0.715. The Hall–Kier alpha value is -1.07. The highest BCUT2D eigenvalue weighted by atomic mass is 16.5. The molecule has 0 bridgehead atoms. The van der Waals surface area contributed by atoms with Crippen LogP contribution in [0.4, 0.5) is 0 Å². The Labute approximate surface area is 64.9 Å². The lowest BCUT2D eigenvalue weighted by molar-refractivity contribution is -0.136. The normalized spacial score (nSPS) is 13.0. The Morgan fingerprint density at radius 2 is 2.27 bits per heavy atom. The smallest absolute Gasteiger partial charge is 0.324 e. The van der Waals surface area contributed by atoms with Crippen LogP contribution in [0.15, 0.2) is 12.5 Å². The standard InChI is InChI=1S/C6H12N2O3/c1-5(8)10-2-3-11-6(9)4-7/h2-3,5H,4,7-8H2,1H3/b3-2+. The number of carbonyl (C=O) groups is 1. The van der Waals surface area contributed by atoms with Gasteiger partial charge in [0.05, 0.1) is 6.54 Å². The minimum Gasteiger partial charge on any atom is -0.480 e. The SMILES string of the molecule is CC(N)O/C=C/OC(=O)CN. The van der Waals surface area contributed by atoms with Crippen LogP contribution in [0.1, 0.15) is 6.92 Å². The van der Waals surface area contributed by atoms with Crippen molar-refractivity contribution in [1.29, 1.82) is 0 Å². The average molecular weight is 160 g/mol. The van der Waals surface area contributed by atoms with E-state index < -0.39 is 12.2 Å². The summed E-state index contributed by atoms with van der Waals surface area (Å²) in [6, 6.07) is 0. The van der Waals surface area contributed by atoms with Crippen LogP contribution in [0, 0.1) is 0 Å². The van der Waals surface area contributed by atoms with E-state index in [0.717, 1.165) is 6.26 Å². The number of carbonyl (C=O) groups excluding carboxylic acids is 1. The molecule has 4 N–H and O–H groups in total. The molecule has 0 rings (SSSR count). The van der Waals surface area contributed by atoms with Gasteiger partial charge >= 0.3 is 5.97 Å². The maximum absolute atomic E-state index is 10.4. The summed E-state index contributed by atoms with van der Waals surface area (Å²) in [4.78, 5) is 10.4. The number of nitrogens with two attached hydrogens (primary N) is 2. The molecule has 0 radical (unpaired) electrons. The van der Waals surface area contributed by atoms with Gasteiger partial charge in [0.25, 0.3) is 0 Å². The summed E-state index contributed by atoms with van der Waals surface area (Å²) in [5.74, 6) is -0.519. The molecule has 64 valence electrons. The molecule has 0 heterocycles. The molecule has 0 aromatic heterocycles. The summed E-state index contributed by atoms with van der Waals surface area (Å²) >= 11 is 0. The van der Waals surface area contributed by atoms with Crippen molar-refractivity contribution in [1.82, 2.24) is 0 Å². The van der Waals surface area contributed by atoms with Crippen molar-refractivity contribution in [3.8, 4) is 0 Å². The fourth-order valence-electron chi connectivity index (χ4n) is 0.308. The predicted molar refractivity (Wildman–Crippen MR) is 39.0 cm³/mol. The quantitative estimate of drug-likeness (QED) is 0.322. The van der Waals surface area contributed by atoms with Crippen LogP contribution >= 0.6 is 0 Å². The highest BCUT2D eigenvalue weighted by Gasteiger charge is 1.93. The Kier molecular flexibility index (Phi) is 5.14. The molecule has 0 amide bonds. The molecular weight excluding hydrogens is 148 g/mol. The summed E-state index contributed by atoms with van der Waals surface area (Å²) in [6.45, 7) is 1.50. The van der Waals surface area contributed by atoms with E-state index in [4.69, 9.17) is 16.2 Å². The molecule has 0 aliphatic rings. The van der Waals surface area contributed by atoms with Gasteiger partial charge in [0, 0.05) is 0 Å². The maximum atomic E-state index is 10.4. The van der Waals surface area contributed by atoms with Crippen molar-refractivity contribution in [3.63, 3.8) is 0 Å². The zero-order valence-electron chi connectivity index (χ0n) is 6.32. The van der Waals surface area contributed by atoms with E-state index in [2.05, 4.69) is 4.74 Å². The molecule has 0 saturated heterocycles. The van der Waals surface area contributed by atoms with Gasteiger partial charge in [-0.1, -0.05) is 0 Å². The molecule has 0 aliphatic heterocycles. The summed E-state index contributed by atoms with van der Waals surface area (Å²) in [5.41, 5.74) is 10.1. The molecule has 0 spiro atoms. The predicted octanol–water partition coefficient (Wildman–Crippen LogP) is -0.719. The first-order valence-corrected chi connectivity index (χ1v) is 3.12. The fraction of sp³-hybridized carbons (Fsp3) is 0.500. The second-order valence-corrected chi connectivity index (χ2v) is 1.81. The van der Waals surface area contributed by atoms with E-state index in [9.17, 15) is 4.79 Å². The molecule has 0 fully saturated rings. The first-order chi connectivity index (χ1) is 5.16. The van der Waals surface area contributed by atoms with E-state index in [1.807, 2.05) is 0 Å². The van der Waals surface area contributed by atoms with Gasteiger partial charge in [0.1, 0.15) is 18.8 Å². The van der Waals surface area contributed by atoms with Crippen molar-refractivity contribution >= 4 is 5.97 Å². The molecule has 5 heteroatoms. The van der Waals surface area contributed by atoms with Crippen LogP contribution in [-0.2, 0) is 14.3 Å². The van der Waals surface area contributed by atoms with Crippen molar-refractivity contribution in [2.24, 2.45) is 11.5 Å². The third-order valence-corrected chi connectivity index (χ3v) is 0.715. The fourth-order valence-corrected chi connectivity index (χ4v) is 0.308. The zero-order valence-corrected chi connectivity index (χ0v) is 6.32. The van der Waals surface area contributed by atoms with E-state index in [0.29, 0.717) is 0 Å². The van der Waals surface area contributed by atoms with Crippen LogP contribution in [0.25, 0.3) is 0 Å². The number of hydrogen-bond acceptors (Lipinski definition) is 5. The van der Waals surface area contributed by atoms with E-state index >= 15 is 0 Å². The second kappa shape index (κ2) is 5.70. The van der Waals surface area contributed by atoms with Gasteiger partial charge < -0.3 is 15.2 Å². The zero-order chi connectivity index (χ0) is 8.69. The van der Waals surface area contributed by atoms with Gasteiger partial charge in [-0.05, 0) is 6.92 Å². The molecule has 1 unspecified atom stereocenters. The largest absolute Gasteiger partial charge is 0.480 e. The monoisotopic (exact) mass is 160 g/mol. The van der Waals surface area contributed by atoms with Crippen molar-refractivity contribution in [3.05, 3.63) is 12.5 Å². The molecule has 0 aliphatic carbocycles. The topological polar surface area (TPSA) is 87.6 Å². The molecule has 0 aromatic carbocycles. The van der Waals surface area contributed by atoms with Gasteiger partial charge in [-0.15, -0.1) is 0 Å². The lowest BCUT2D eigenvalue weighted by atomic mass is 10.7. The first kappa shape index (κ1) is 9.93. The van der Waals surface area contributed by atoms with Gasteiger partial charge in [-0.25, -0.2) is 0 Å². The average Bonchev–Trinajstić information content (AvgIpc) is 1.97. The Morgan fingerprint density at radius 1 is 1.64 bits per heavy atom. The Bertz CT molecular complexity index is 145. The molecule has 0 saturated carbocycles. The second-order valence-electron chi connectivity index (χ2n) is 1.81. The number of esters is 1. The molecule has 11 heavy (non-hydrogen) atoms. The van der Waals surface area contributed by atoms with E-state index in [-0.39, 0.29) is 6.54 Å². The summed E-state index contributed by atoms with van der Waals surface area (Å²) < 4.78 is 9.13. The van der Waals surface area contributed by atoms with Crippen molar-refractivity contribution in [2.45, 2.75) is 13.2 Å². The molecular formula is C6H12N2O3. The minimum atomic E-state index is -0.519. The lowest BCUT2D eigenvalue weighted by Crippen LogP contribution is -2.16. The highest BCUT2D eigenvalue weighted by Crippen LogP contribution is 1.83. The number of rotatable bonds is 4. The molecule has 5 nitrogen and oxygen atoms in total. The van der Waals surface area contributed by atoms with Crippen LogP contribution in [0.5, 0.6) is 0 Å². The Morgan fingerprint density at radius 3 is 2.73 bits per heavy atom. The maximum Gasteiger partial charge on any atom is 0.324 e. The van der Waals surface area contributed by atoms with E-state index in [1.165, 1.54) is 6.26 Å². The number of hydrogen-bond donors (Lipinski definition) is 2. The van der Waals surface area contributed by atoms with Crippen LogP contribution < -0.4 is 11.5 Å².